The number of nitrogens with one attached hydrogen (secondary N) is 2. The van der Waals surface area contributed by atoms with Crippen molar-refractivity contribution in [1.29, 1.82) is 0 Å². The molecule has 132 valence electrons. The maximum absolute atomic E-state index is 10.7. The van der Waals surface area contributed by atoms with E-state index in [9.17, 15) is 5.11 Å². The van der Waals surface area contributed by atoms with Crippen molar-refractivity contribution in [2.75, 3.05) is 13.1 Å². The fraction of sp³-hybridized carbons (Fsp3) is 0.812. The fourth-order valence-corrected chi connectivity index (χ4v) is 2.56. The molecule has 0 radical (unpaired) electrons. The summed E-state index contributed by atoms with van der Waals surface area (Å²) in [5, 5.41) is 25.3. The number of hydrogen-bond acceptors (Lipinski definition) is 4. The van der Waals surface area contributed by atoms with Gasteiger partial charge in [-0.25, -0.2) is 4.99 Å². The van der Waals surface area contributed by atoms with E-state index in [4.69, 9.17) is 0 Å². The summed E-state index contributed by atoms with van der Waals surface area (Å²) in [4.78, 5) is 4.54. The molecule has 7 nitrogen and oxygen atoms in total. The lowest BCUT2D eigenvalue weighted by molar-refractivity contribution is 0.0257. The minimum Gasteiger partial charge on any atom is -0.388 e. The molecule has 1 aromatic rings. The maximum atomic E-state index is 10.7. The molecular formula is C16H32N6O. The zero-order valence-corrected chi connectivity index (χ0v) is 15.2. The quantitative estimate of drug-likeness (QED) is 0.473. The third-order valence-electron chi connectivity index (χ3n) is 3.92. The Hall–Kier alpha value is -1.63. The minimum absolute atomic E-state index is 0.451. The Kier molecular flexibility index (Phi) is 8.02. The summed E-state index contributed by atoms with van der Waals surface area (Å²) in [6, 6.07) is 0. The molecule has 1 rings (SSSR count). The Balaban J connectivity index is 2.69. The summed E-state index contributed by atoms with van der Waals surface area (Å²) in [7, 11) is 1.93. The number of hydrogen-bond donors (Lipinski definition) is 3. The first kappa shape index (κ1) is 19.4. The molecule has 0 fully saturated rings. The van der Waals surface area contributed by atoms with Gasteiger partial charge in [0, 0.05) is 20.1 Å². The van der Waals surface area contributed by atoms with Crippen LogP contribution in [-0.2, 0) is 13.6 Å². The van der Waals surface area contributed by atoms with E-state index in [1.807, 2.05) is 25.5 Å². The summed E-state index contributed by atoms with van der Waals surface area (Å²) in [6.07, 6.45) is 3.50. The zero-order valence-electron chi connectivity index (χ0n) is 15.2. The van der Waals surface area contributed by atoms with Gasteiger partial charge >= 0.3 is 0 Å². The van der Waals surface area contributed by atoms with E-state index < -0.39 is 5.60 Å². The lowest BCUT2D eigenvalue weighted by Gasteiger charge is -2.28. The van der Waals surface area contributed by atoms with Crippen LogP contribution >= 0.6 is 0 Å². The molecule has 0 bridgehead atoms. The maximum Gasteiger partial charge on any atom is 0.191 e. The molecule has 0 amide bonds. The van der Waals surface area contributed by atoms with Gasteiger partial charge in [0.25, 0.3) is 0 Å². The molecule has 0 aliphatic heterocycles. The first-order valence-electron chi connectivity index (χ1n) is 8.55. The normalized spacial score (nSPS) is 12.5. The van der Waals surface area contributed by atoms with Gasteiger partial charge in [0.05, 0.1) is 5.60 Å². The van der Waals surface area contributed by atoms with Gasteiger partial charge in [-0.05, 0) is 26.7 Å². The summed E-state index contributed by atoms with van der Waals surface area (Å²) < 4.78 is 1.93. The molecule has 3 N–H and O–H groups in total. The number of rotatable bonds is 9. The second kappa shape index (κ2) is 9.50. The molecule has 7 heteroatoms. The molecule has 1 aromatic heterocycles. The summed E-state index contributed by atoms with van der Waals surface area (Å²) in [6.45, 7) is 9.84. The number of aliphatic imine (C=N–C) groups is 1. The summed E-state index contributed by atoms with van der Waals surface area (Å²) in [5.41, 5.74) is -0.680. The molecule has 0 unspecified atom stereocenters. The highest BCUT2D eigenvalue weighted by atomic mass is 16.3. The molecule has 23 heavy (non-hydrogen) atoms. The van der Waals surface area contributed by atoms with Crippen LogP contribution in [0.25, 0.3) is 0 Å². The van der Waals surface area contributed by atoms with Crippen LogP contribution in [-0.4, -0.2) is 44.5 Å². The molecule has 0 saturated heterocycles. The molecule has 1 heterocycles. The summed E-state index contributed by atoms with van der Waals surface area (Å²) >= 11 is 0. The van der Waals surface area contributed by atoms with Gasteiger partial charge < -0.3 is 20.3 Å². The van der Waals surface area contributed by atoms with Gasteiger partial charge in [-0.3, -0.25) is 0 Å². The predicted octanol–water partition coefficient (Wildman–Crippen LogP) is 1.51. The lowest BCUT2D eigenvalue weighted by atomic mass is 9.93. The van der Waals surface area contributed by atoms with Gasteiger partial charge in [0.2, 0.25) is 0 Å². The average Bonchev–Trinajstić information content (AvgIpc) is 2.82. The second-order valence-electron chi connectivity index (χ2n) is 6.00. The summed E-state index contributed by atoms with van der Waals surface area (Å²) in [5.74, 6) is 2.38. The van der Waals surface area contributed by atoms with Crippen LogP contribution in [0.2, 0.25) is 0 Å². The molecule has 0 aliphatic rings. The van der Waals surface area contributed by atoms with E-state index in [0.717, 1.165) is 43.9 Å². The highest BCUT2D eigenvalue weighted by Gasteiger charge is 2.24. The molecule has 0 saturated carbocycles. The average molecular weight is 324 g/mol. The van der Waals surface area contributed by atoms with Gasteiger partial charge in [0.1, 0.15) is 12.4 Å². The van der Waals surface area contributed by atoms with Crippen molar-refractivity contribution in [2.45, 2.75) is 65.5 Å². The third kappa shape index (κ3) is 6.17. The zero-order chi connectivity index (χ0) is 17.3. The minimum atomic E-state index is -0.680. The van der Waals surface area contributed by atoms with Crippen molar-refractivity contribution < 1.29 is 5.11 Å². The molecule has 0 atom stereocenters. The number of guanidine groups is 1. The van der Waals surface area contributed by atoms with Crippen molar-refractivity contribution in [3.63, 3.8) is 0 Å². The van der Waals surface area contributed by atoms with Crippen LogP contribution in [0.1, 0.15) is 58.1 Å². The first-order valence-corrected chi connectivity index (χ1v) is 8.55. The highest BCUT2D eigenvalue weighted by molar-refractivity contribution is 5.79. The smallest absolute Gasteiger partial charge is 0.191 e. The van der Waals surface area contributed by atoms with Gasteiger partial charge in [-0.15, -0.1) is 10.2 Å². The van der Waals surface area contributed by atoms with Crippen molar-refractivity contribution in [3.8, 4) is 0 Å². The van der Waals surface area contributed by atoms with E-state index in [-0.39, 0.29) is 0 Å². The van der Waals surface area contributed by atoms with E-state index in [1.165, 1.54) is 0 Å². The Morgan fingerprint density at radius 3 is 2.30 bits per heavy atom. The van der Waals surface area contributed by atoms with Crippen molar-refractivity contribution in [3.05, 3.63) is 11.6 Å². The SMILES string of the molecule is CCCC(O)(CCC)CNC(=NCc1nnc(C)n1C)NCC. The predicted molar refractivity (Wildman–Crippen MR) is 93.3 cm³/mol. The second-order valence-corrected chi connectivity index (χ2v) is 6.00. The number of aliphatic hydroxyl groups is 1. The van der Waals surface area contributed by atoms with E-state index in [1.54, 1.807) is 0 Å². The van der Waals surface area contributed by atoms with E-state index >= 15 is 0 Å². The largest absolute Gasteiger partial charge is 0.388 e. The van der Waals surface area contributed by atoms with E-state index in [2.05, 4.69) is 39.7 Å². The lowest BCUT2D eigenvalue weighted by Crippen LogP contribution is -2.47. The molecule has 0 aromatic carbocycles. The molecular weight excluding hydrogens is 292 g/mol. The van der Waals surface area contributed by atoms with E-state index in [0.29, 0.717) is 19.0 Å². The standard InChI is InChI=1S/C16H32N6O/c1-6-9-16(23,10-7-2)12-19-15(17-8-3)18-11-14-21-20-13(4)22(14)5/h23H,6-12H2,1-5H3,(H2,17,18,19). The highest BCUT2D eigenvalue weighted by Crippen LogP contribution is 2.18. The number of aryl methyl sites for hydroxylation is 1. The van der Waals surface area contributed by atoms with Crippen molar-refractivity contribution >= 4 is 5.96 Å². The van der Waals surface area contributed by atoms with Crippen LogP contribution in [0.3, 0.4) is 0 Å². The van der Waals surface area contributed by atoms with Gasteiger partial charge in [-0.2, -0.15) is 0 Å². The third-order valence-corrected chi connectivity index (χ3v) is 3.92. The monoisotopic (exact) mass is 324 g/mol. The Morgan fingerprint density at radius 2 is 1.83 bits per heavy atom. The van der Waals surface area contributed by atoms with Gasteiger partial charge in [0.15, 0.2) is 11.8 Å². The van der Waals surface area contributed by atoms with Crippen LogP contribution in [0, 0.1) is 6.92 Å². The Morgan fingerprint density at radius 1 is 1.17 bits per heavy atom. The van der Waals surface area contributed by atoms with Crippen LogP contribution in [0.15, 0.2) is 4.99 Å². The van der Waals surface area contributed by atoms with Crippen molar-refractivity contribution in [2.24, 2.45) is 12.0 Å². The Labute approximate surface area is 139 Å². The molecule has 0 aliphatic carbocycles. The van der Waals surface area contributed by atoms with Crippen molar-refractivity contribution in [1.82, 2.24) is 25.4 Å². The fourth-order valence-electron chi connectivity index (χ4n) is 2.56. The topological polar surface area (TPSA) is 87.4 Å². The number of aromatic nitrogens is 3. The molecule has 0 spiro atoms. The van der Waals surface area contributed by atoms with Crippen LogP contribution in [0.5, 0.6) is 0 Å². The van der Waals surface area contributed by atoms with Crippen LogP contribution < -0.4 is 10.6 Å². The number of nitrogens with zero attached hydrogens (tertiary/aromatic N) is 4. The van der Waals surface area contributed by atoms with Crippen LogP contribution in [0.4, 0.5) is 0 Å². The van der Waals surface area contributed by atoms with Gasteiger partial charge in [-0.1, -0.05) is 26.7 Å². The first-order chi connectivity index (χ1) is 11.0. The Bertz CT molecular complexity index is 491.